The van der Waals surface area contributed by atoms with Crippen molar-refractivity contribution in [3.05, 3.63) is 51.8 Å². The van der Waals surface area contributed by atoms with Crippen LogP contribution < -0.4 is 15.8 Å². The molecule has 1 aromatic heterocycles. The van der Waals surface area contributed by atoms with Gasteiger partial charge in [-0.1, -0.05) is 37.1 Å². The maximum atomic E-state index is 12.0. The number of halogens is 1. The molecule has 0 radical (unpaired) electrons. The lowest BCUT2D eigenvalue weighted by Gasteiger charge is -2.14. The van der Waals surface area contributed by atoms with E-state index in [0.29, 0.717) is 17.3 Å². The summed E-state index contributed by atoms with van der Waals surface area (Å²) in [6.07, 6.45) is 2.60. The fourth-order valence-electron chi connectivity index (χ4n) is 2.70. The summed E-state index contributed by atoms with van der Waals surface area (Å²) in [5.41, 5.74) is 1.33. The lowest BCUT2D eigenvalue weighted by atomic mass is 10.1. The van der Waals surface area contributed by atoms with Gasteiger partial charge in [0.1, 0.15) is 0 Å². The van der Waals surface area contributed by atoms with Gasteiger partial charge in [0.05, 0.1) is 38.9 Å². The van der Waals surface area contributed by atoms with Crippen LogP contribution in [-0.2, 0) is 11.3 Å². The van der Waals surface area contributed by atoms with Gasteiger partial charge in [-0.25, -0.2) is 4.68 Å². The average molecular weight is 392 g/mol. The first-order valence-corrected chi connectivity index (χ1v) is 9.79. The van der Waals surface area contributed by atoms with E-state index in [-0.39, 0.29) is 24.4 Å². The van der Waals surface area contributed by atoms with Gasteiger partial charge in [-0.05, 0) is 24.6 Å². The minimum absolute atomic E-state index is 0.0658. The van der Waals surface area contributed by atoms with Crippen LogP contribution in [0.25, 0.3) is 11.3 Å². The van der Waals surface area contributed by atoms with Crippen molar-refractivity contribution >= 4 is 17.5 Å². The molecule has 2 N–H and O–H groups in total. The van der Waals surface area contributed by atoms with E-state index in [9.17, 15) is 9.59 Å². The van der Waals surface area contributed by atoms with E-state index in [1.54, 1.807) is 18.2 Å². The van der Waals surface area contributed by atoms with Crippen molar-refractivity contribution in [2.24, 2.45) is 0 Å². The number of carbonyl (C=O) groups excluding carboxylic acids is 1. The van der Waals surface area contributed by atoms with Crippen molar-refractivity contribution in [1.82, 2.24) is 15.1 Å². The lowest BCUT2D eigenvalue weighted by molar-refractivity contribution is -0.878. The van der Waals surface area contributed by atoms with Gasteiger partial charge in [0.2, 0.25) is 5.91 Å². The zero-order chi connectivity index (χ0) is 19.6. The molecular weight excluding hydrogens is 364 g/mol. The number of quaternary nitrogens is 1. The summed E-state index contributed by atoms with van der Waals surface area (Å²) < 4.78 is 1.34. The molecule has 0 saturated carbocycles. The Hall–Kier alpha value is -2.18. The lowest BCUT2D eigenvalue weighted by Crippen LogP contribution is -3.09. The quantitative estimate of drug-likeness (QED) is 0.643. The maximum absolute atomic E-state index is 12.0. The van der Waals surface area contributed by atoms with E-state index >= 15 is 0 Å². The van der Waals surface area contributed by atoms with Gasteiger partial charge in [-0.3, -0.25) is 9.59 Å². The molecule has 0 spiro atoms. The number of rotatable bonds is 10. The topological polar surface area (TPSA) is 68.4 Å². The Bertz CT molecular complexity index is 789. The summed E-state index contributed by atoms with van der Waals surface area (Å²) in [7, 11) is 2.13. The number of benzene rings is 1. The summed E-state index contributed by atoms with van der Waals surface area (Å²) in [6.45, 7) is 5.08. The largest absolute Gasteiger partial charge is 0.350 e. The van der Waals surface area contributed by atoms with Gasteiger partial charge in [-0.2, -0.15) is 5.10 Å². The molecule has 0 fully saturated rings. The van der Waals surface area contributed by atoms with Gasteiger partial charge >= 0.3 is 0 Å². The molecule has 1 unspecified atom stereocenters. The molecule has 7 heteroatoms. The number of amides is 1. The first kappa shape index (κ1) is 21.1. The molecule has 0 aliphatic heterocycles. The summed E-state index contributed by atoms with van der Waals surface area (Å²) in [6, 6.07) is 10.4. The molecule has 1 heterocycles. The Labute approximate surface area is 165 Å². The van der Waals surface area contributed by atoms with E-state index < -0.39 is 0 Å². The van der Waals surface area contributed by atoms with Crippen molar-refractivity contribution < 1.29 is 9.69 Å². The highest BCUT2D eigenvalue weighted by atomic mass is 35.5. The van der Waals surface area contributed by atoms with Crippen molar-refractivity contribution in [3.8, 4) is 11.3 Å². The van der Waals surface area contributed by atoms with Gasteiger partial charge < -0.3 is 10.2 Å². The van der Waals surface area contributed by atoms with E-state index in [0.717, 1.165) is 18.7 Å². The number of hydrogen-bond acceptors (Lipinski definition) is 3. The zero-order valence-electron chi connectivity index (χ0n) is 16.0. The molecule has 1 atom stereocenters. The van der Waals surface area contributed by atoms with Crippen LogP contribution in [0.15, 0.2) is 41.2 Å². The van der Waals surface area contributed by atoms with E-state index in [4.69, 9.17) is 11.6 Å². The third kappa shape index (κ3) is 7.15. The highest BCUT2D eigenvalue weighted by Crippen LogP contribution is 2.18. The highest BCUT2D eigenvalue weighted by molar-refractivity contribution is 6.30. The monoisotopic (exact) mass is 391 g/mol. The van der Waals surface area contributed by atoms with Crippen molar-refractivity contribution in [3.63, 3.8) is 0 Å². The number of unbranched alkanes of at least 4 members (excludes halogenated alkanes) is 1. The van der Waals surface area contributed by atoms with Gasteiger partial charge in [-0.15, -0.1) is 0 Å². The Morgan fingerprint density at radius 3 is 2.63 bits per heavy atom. The SMILES string of the molecule is CCCC[NH+](C)CCNC(=O)CCn1nc(-c2ccc(Cl)cc2)ccc1=O. The number of aryl methyl sites for hydroxylation is 1. The van der Waals surface area contributed by atoms with Crippen LogP contribution in [0.2, 0.25) is 5.02 Å². The number of likely N-dealkylation sites (N-methyl/N-ethyl adjacent to an activating group) is 1. The fraction of sp³-hybridized carbons (Fsp3) is 0.450. The summed E-state index contributed by atoms with van der Waals surface area (Å²) in [4.78, 5) is 25.5. The Morgan fingerprint density at radius 1 is 1.19 bits per heavy atom. The zero-order valence-corrected chi connectivity index (χ0v) is 16.8. The smallest absolute Gasteiger partial charge is 0.266 e. The number of carbonyl (C=O) groups is 1. The first-order valence-electron chi connectivity index (χ1n) is 9.41. The first-order chi connectivity index (χ1) is 13.0. The number of nitrogens with one attached hydrogen (secondary N) is 2. The maximum Gasteiger partial charge on any atom is 0.266 e. The average Bonchev–Trinajstić information content (AvgIpc) is 2.66. The number of aromatic nitrogens is 2. The Morgan fingerprint density at radius 2 is 1.93 bits per heavy atom. The molecule has 6 nitrogen and oxygen atoms in total. The molecular formula is C20H28ClN4O2+. The number of hydrogen-bond donors (Lipinski definition) is 2. The van der Waals surface area contributed by atoms with Crippen LogP contribution in [0, 0.1) is 0 Å². The second-order valence-electron chi connectivity index (χ2n) is 6.70. The second kappa shape index (κ2) is 10.8. The molecule has 0 bridgehead atoms. The highest BCUT2D eigenvalue weighted by Gasteiger charge is 2.08. The normalized spacial score (nSPS) is 12.0. The van der Waals surface area contributed by atoms with Crippen molar-refractivity contribution in [1.29, 1.82) is 0 Å². The summed E-state index contributed by atoms with van der Waals surface area (Å²) in [5, 5.41) is 7.92. The van der Waals surface area contributed by atoms with E-state index in [2.05, 4.69) is 24.4 Å². The van der Waals surface area contributed by atoms with Crippen LogP contribution >= 0.6 is 11.6 Å². The van der Waals surface area contributed by atoms with Crippen LogP contribution in [-0.4, -0.2) is 42.4 Å². The van der Waals surface area contributed by atoms with Gasteiger partial charge in [0.15, 0.2) is 0 Å². The minimum atomic E-state index is -0.218. The van der Waals surface area contributed by atoms with Crippen molar-refractivity contribution in [2.75, 3.05) is 26.7 Å². The molecule has 1 amide bonds. The minimum Gasteiger partial charge on any atom is -0.350 e. The molecule has 0 aliphatic rings. The molecule has 1 aromatic carbocycles. The predicted molar refractivity (Wildman–Crippen MR) is 108 cm³/mol. The second-order valence-corrected chi connectivity index (χ2v) is 7.13. The molecule has 2 rings (SSSR count). The summed E-state index contributed by atoms with van der Waals surface area (Å²) in [5.74, 6) is -0.0658. The van der Waals surface area contributed by atoms with Crippen LogP contribution in [0.4, 0.5) is 0 Å². The van der Waals surface area contributed by atoms with Gasteiger partial charge in [0.25, 0.3) is 5.56 Å². The third-order valence-electron chi connectivity index (χ3n) is 4.39. The molecule has 146 valence electrons. The third-order valence-corrected chi connectivity index (χ3v) is 4.64. The van der Waals surface area contributed by atoms with Crippen LogP contribution in [0.1, 0.15) is 26.2 Å². The van der Waals surface area contributed by atoms with Crippen molar-refractivity contribution in [2.45, 2.75) is 32.7 Å². The van der Waals surface area contributed by atoms with E-state index in [1.165, 1.54) is 28.5 Å². The Balaban J connectivity index is 1.86. The predicted octanol–water partition coefficient (Wildman–Crippen LogP) is 1.38. The standard InChI is InChI=1S/C20H27ClN4O2/c1-3-4-13-24(2)15-12-22-19(26)11-14-25-20(27)10-9-18(23-25)16-5-7-17(21)8-6-16/h5-10H,3-4,11-15H2,1-2H3,(H,22,26)/p+1. The molecule has 0 aliphatic carbocycles. The summed E-state index contributed by atoms with van der Waals surface area (Å²) >= 11 is 5.90. The van der Waals surface area contributed by atoms with Gasteiger partial charge in [0, 0.05) is 23.1 Å². The Kier molecular flexibility index (Phi) is 8.48. The van der Waals surface area contributed by atoms with Crippen LogP contribution in [0.5, 0.6) is 0 Å². The fourth-order valence-corrected chi connectivity index (χ4v) is 2.82. The number of nitrogens with zero attached hydrogens (tertiary/aromatic N) is 2. The molecule has 27 heavy (non-hydrogen) atoms. The van der Waals surface area contributed by atoms with Crippen LogP contribution in [0.3, 0.4) is 0 Å². The molecule has 2 aromatic rings. The van der Waals surface area contributed by atoms with E-state index in [1.807, 2.05) is 12.1 Å². The molecule has 0 saturated heterocycles.